The Morgan fingerprint density at radius 1 is 1.15 bits per heavy atom. The first-order valence-electron chi connectivity index (χ1n) is 5.91. The van der Waals surface area contributed by atoms with Crippen molar-refractivity contribution in [2.75, 3.05) is 7.11 Å². The molecular formula is C14H13N3O3. The number of carbonyl (C=O) groups excluding carboxylic acids is 2. The van der Waals surface area contributed by atoms with Gasteiger partial charge >= 0.3 is 5.97 Å². The maximum absolute atomic E-state index is 12.0. The summed E-state index contributed by atoms with van der Waals surface area (Å²) in [7, 11) is 1.27. The lowest BCUT2D eigenvalue weighted by molar-refractivity contribution is -0.143. The number of rotatable bonds is 4. The van der Waals surface area contributed by atoms with Crippen LogP contribution < -0.4 is 5.32 Å². The molecule has 0 bridgehead atoms. The highest BCUT2D eigenvalue weighted by Crippen LogP contribution is 2.14. The molecule has 1 N–H and O–H groups in total. The normalized spacial score (nSPS) is 11.4. The second kappa shape index (κ2) is 6.42. The lowest BCUT2D eigenvalue weighted by atomic mass is 10.1. The minimum Gasteiger partial charge on any atom is -0.467 e. The molecule has 1 heterocycles. The van der Waals surface area contributed by atoms with Crippen molar-refractivity contribution in [1.82, 2.24) is 15.3 Å². The van der Waals surface area contributed by atoms with Gasteiger partial charge in [-0.15, -0.1) is 0 Å². The third kappa shape index (κ3) is 3.17. The van der Waals surface area contributed by atoms with E-state index < -0.39 is 17.9 Å². The molecule has 2 rings (SSSR count). The van der Waals surface area contributed by atoms with Gasteiger partial charge in [0.2, 0.25) is 0 Å². The van der Waals surface area contributed by atoms with E-state index in [4.69, 9.17) is 4.74 Å². The Kier molecular flexibility index (Phi) is 4.39. The third-order valence-corrected chi connectivity index (χ3v) is 2.67. The molecule has 0 fully saturated rings. The van der Waals surface area contributed by atoms with Crippen LogP contribution in [0.4, 0.5) is 0 Å². The molecule has 0 aliphatic heterocycles. The highest BCUT2D eigenvalue weighted by molar-refractivity contribution is 5.96. The van der Waals surface area contributed by atoms with Crippen molar-refractivity contribution >= 4 is 11.9 Å². The molecule has 1 atom stereocenters. The molecule has 102 valence electrons. The van der Waals surface area contributed by atoms with Gasteiger partial charge in [0.05, 0.1) is 12.7 Å². The highest BCUT2D eigenvalue weighted by Gasteiger charge is 2.23. The van der Waals surface area contributed by atoms with E-state index in [0.29, 0.717) is 5.56 Å². The van der Waals surface area contributed by atoms with Crippen LogP contribution in [0.25, 0.3) is 0 Å². The first-order chi connectivity index (χ1) is 9.72. The van der Waals surface area contributed by atoms with Gasteiger partial charge in [0, 0.05) is 12.4 Å². The molecule has 2 aromatic rings. The van der Waals surface area contributed by atoms with Gasteiger partial charge in [-0.2, -0.15) is 0 Å². The minimum absolute atomic E-state index is 0.275. The zero-order chi connectivity index (χ0) is 14.4. The fraction of sp³-hybridized carbons (Fsp3) is 0.143. The Morgan fingerprint density at radius 2 is 1.80 bits per heavy atom. The number of aromatic nitrogens is 2. The van der Waals surface area contributed by atoms with Gasteiger partial charge in [-0.3, -0.25) is 4.79 Å². The van der Waals surface area contributed by atoms with Gasteiger partial charge in [0.25, 0.3) is 5.91 Å². The van der Waals surface area contributed by atoms with Crippen molar-refractivity contribution in [3.63, 3.8) is 0 Å². The van der Waals surface area contributed by atoms with Crippen molar-refractivity contribution < 1.29 is 14.3 Å². The molecule has 6 heteroatoms. The van der Waals surface area contributed by atoms with E-state index in [1.54, 1.807) is 24.3 Å². The van der Waals surface area contributed by atoms with Crippen LogP contribution in [-0.4, -0.2) is 29.0 Å². The van der Waals surface area contributed by atoms with E-state index in [-0.39, 0.29) is 5.56 Å². The molecule has 1 unspecified atom stereocenters. The molecule has 1 amide bonds. The Labute approximate surface area is 115 Å². The number of esters is 1. The van der Waals surface area contributed by atoms with Crippen LogP contribution in [0.3, 0.4) is 0 Å². The van der Waals surface area contributed by atoms with E-state index in [2.05, 4.69) is 15.3 Å². The van der Waals surface area contributed by atoms with Crippen LogP contribution in [0.2, 0.25) is 0 Å². The van der Waals surface area contributed by atoms with Crippen molar-refractivity contribution in [2.24, 2.45) is 0 Å². The zero-order valence-electron chi connectivity index (χ0n) is 10.8. The van der Waals surface area contributed by atoms with Crippen molar-refractivity contribution in [2.45, 2.75) is 6.04 Å². The summed E-state index contributed by atoms with van der Waals surface area (Å²) in [6.45, 7) is 0. The monoisotopic (exact) mass is 271 g/mol. The summed E-state index contributed by atoms with van der Waals surface area (Å²) in [6.07, 6.45) is 4.08. The summed E-state index contributed by atoms with van der Waals surface area (Å²) in [5.41, 5.74) is 0.918. The molecule has 0 saturated heterocycles. The minimum atomic E-state index is -0.867. The lowest BCUT2D eigenvalue weighted by Gasteiger charge is -2.16. The fourth-order valence-electron chi connectivity index (χ4n) is 1.67. The van der Waals surface area contributed by atoms with Gasteiger partial charge in [-0.25, -0.2) is 14.8 Å². The summed E-state index contributed by atoms with van der Waals surface area (Å²) in [4.78, 5) is 31.4. The SMILES string of the molecule is COC(=O)C(NC(=O)c1cncnc1)c1ccccc1. The topological polar surface area (TPSA) is 81.2 Å². The van der Waals surface area contributed by atoms with E-state index in [1.165, 1.54) is 25.8 Å². The van der Waals surface area contributed by atoms with Gasteiger partial charge in [-0.05, 0) is 5.56 Å². The highest BCUT2D eigenvalue weighted by atomic mass is 16.5. The van der Waals surface area contributed by atoms with Crippen LogP contribution in [0.15, 0.2) is 49.1 Å². The Balaban J connectivity index is 2.21. The molecule has 0 spiro atoms. The molecule has 6 nitrogen and oxygen atoms in total. The van der Waals surface area contributed by atoms with Crippen molar-refractivity contribution in [1.29, 1.82) is 0 Å². The van der Waals surface area contributed by atoms with Crippen LogP contribution in [0.5, 0.6) is 0 Å². The quantitative estimate of drug-likeness (QED) is 0.843. The number of carbonyl (C=O) groups is 2. The maximum Gasteiger partial charge on any atom is 0.333 e. The first-order valence-corrected chi connectivity index (χ1v) is 5.91. The lowest BCUT2D eigenvalue weighted by Crippen LogP contribution is -2.34. The average Bonchev–Trinajstić information content (AvgIpc) is 2.53. The third-order valence-electron chi connectivity index (χ3n) is 2.67. The number of methoxy groups -OCH3 is 1. The Morgan fingerprint density at radius 3 is 2.40 bits per heavy atom. The van der Waals surface area contributed by atoms with Crippen LogP contribution >= 0.6 is 0 Å². The van der Waals surface area contributed by atoms with Gasteiger partial charge in [-0.1, -0.05) is 30.3 Å². The molecule has 0 saturated carbocycles. The largest absolute Gasteiger partial charge is 0.467 e. The van der Waals surface area contributed by atoms with Gasteiger partial charge in [0.15, 0.2) is 6.04 Å². The molecule has 1 aromatic heterocycles. The van der Waals surface area contributed by atoms with Crippen LogP contribution in [-0.2, 0) is 9.53 Å². The molecule has 1 aromatic carbocycles. The predicted octanol–water partition coefficient (Wildman–Crippen LogP) is 1.12. The smallest absolute Gasteiger partial charge is 0.333 e. The second-order valence-electron chi connectivity index (χ2n) is 3.97. The number of amides is 1. The molecule has 20 heavy (non-hydrogen) atoms. The summed E-state index contributed by atoms with van der Waals surface area (Å²) in [6, 6.07) is 8.00. The van der Waals surface area contributed by atoms with E-state index in [1.807, 2.05) is 6.07 Å². The number of hydrogen-bond donors (Lipinski definition) is 1. The standard InChI is InChI=1S/C14H13N3O3/c1-20-14(19)12(10-5-3-2-4-6-10)17-13(18)11-7-15-9-16-8-11/h2-9,12H,1H3,(H,17,18). The first kappa shape index (κ1) is 13.7. The maximum atomic E-state index is 12.0. The average molecular weight is 271 g/mol. The molecule has 0 aliphatic carbocycles. The van der Waals surface area contributed by atoms with E-state index in [9.17, 15) is 9.59 Å². The number of nitrogens with one attached hydrogen (secondary N) is 1. The molecule has 0 radical (unpaired) electrons. The van der Waals surface area contributed by atoms with Gasteiger partial charge in [0.1, 0.15) is 6.33 Å². The fourth-order valence-corrected chi connectivity index (χ4v) is 1.67. The number of benzene rings is 1. The Hall–Kier alpha value is -2.76. The molecule has 0 aliphatic rings. The number of hydrogen-bond acceptors (Lipinski definition) is 5. The number of ether oxygens (including phenoxy) is 1. The summed E-state index contributed by atoms with van der Waals surface area (Å²) < 4.78 is 4.72. The predicted molar refractivity (Wildman–Crippen MR) is 70.7 cm³/mol. The van der Waals surface area contributed by atoms with Gasteiger partial charge < -0.3 is 10.1 Å². The summed E-state index contributed by atoms with van der Waals surface area (Å²) in [5.74, 6) is -0.980. The molecular weight excluding hydrogens is 258 g/mol. The summed E-state index contributed by atoms with van der Waals surface area (Å²) in [5, 5.41) is 2.61. The zero-order valence-corrected chi connectivity index (χ0v) is 10.8. The summed E-state index contributed by atoms with van der Waals surface area (Å²) >= 11 is 0. The van der Waals surface area contributed by atoms with Crippen molar-refractivity contribution in [3.8, 4) is 0 Å². The second-order valence-corrected chi connectivity index (χ2v) is 3.97. The van der Waals surface area contributed by atoms with Crippen LogP contribution in [0.1, 0.15) is 22.0 Å². The van der Waals surface area contributed by atoms with Crippen molar-refractivity contribution in [3.05, 3.63) is 60.2 Å². The number of nitrogens with zero attached hydrogens (tertiary/aromatic N) is 2. The Bertz CT molecular complexity index is 587. The van der Waals surface area contributed by atoms with E-state index >= 15 is 0 Å². The van der Waals surface area contributed by atoms with Crippen LogP contribution in [0, 0.1) is 0 Å². The van der Waals surface area contributed by atoms with E-state index in [0.717, 1.165) is 0 Å².